The molecule has 2 aromatic heterocycles. The van der Waals surface area contributed by atoms with Gasteiger partial charge < -0.3 is 9.32 Å². The lowest BCUT2D eigenvalue weighted by molar-refractivity contribution is 0.0558. The monoisotopic (exact) mass is 426 g/mol. The summed E-state index contributed by atoms with van der Waals surface area (Å²) in [6.07, 6.45) is 5.25. The molecule has 1 unspecified atom stereocenters. The number of aromatic nitrogens is 3. The Morgan fingerprint density at radius 3 is 2.87 bits per heavy atom. The summed E-state index contributed by atoms with van der Waals surface area (Å²) in [6.45, 7) is 4.85. The van der Waals surface area contributed by atoms with Crippen LogP contribution in [0.2, 0.25) is 5.02 Å². The van der Waals surface area contributed by atoms with Gasteiger partial charge in [-0.05, 0) is 48.9 Å². The number of oxazole rings is 1. The van der Waals surface area contributed by atoms with Crippen LogP contribution in [0.4, 0.5) is 0 Å². The van der Waals surface area contributed by atoms with E-state index in [0.717, 1.165) is 36.3 Å². The fourth-order valence-electron chi connectivity index (χ4n) is 3.96. The van der Waals surface area contributed by atoms with Gasteiger partial charge in [0.1, 0.15) is 17.5 Å². The van der Waals surface area contributed by atoms with Gasteiger partial charge in [-0.2, -0.15) is 5.10 Å². The van der Waals surface area contributed by atoms with Crippen LogP contribution in [0.15, 0.2) is 40.9 Å². The summed E-state index contributed by atoms with van der Waals surface area (Å²) in [6, 6.07) is 9.46. The van der Waals surface area contributed by atoms with E-state index in [1.54, 1.807) is 10.9 Å². The number of likely N-dealkylation sites (tertiary alicyclic amines) is 1. The van der Waals surface area contributed by atoms with Crippen LogP contribution in [0.3, 0.4) is 0 Å². The van der Waals surface area contributed by atoms with Gasteiger partial charge in [0.2, 0.25) is 5.89 Å². The second kappa shape index (κ2) is 8.64. The largest absolute Gasteiger partial charge is 0.443 e. The first-order chi connectivity index (χ1) is 14.4. The van der Waals surface area contributed by atoms with Gasteiger partial charge >= 0.3 is 0 Å². The quantitative estimate of drug-likeness (QED) is 0.566. The van der Waals surface area contributed by atoms with Crippen molar-refractivity contribution in [1.82, 2.24) is 19.7 Å². The molecule has 1 amide bonds. The number of carbonyl (C=O) groups is 1. The van der Waals surface area contributed by atoms with Crippen molar-refractivity contribution in [3.63, 3.8) is 0 Å². The number of aryl methyl sites for hydroxylation is 1. The number of piperidine rings is 1. The van der Waals surface area contributed by atoms with Crippen molar-refractivity contribution in [2.75, 3.05) is 6.54 Å². The average Bonchev–Trinajstić information content (AvgIpc) is 3.34. The number of amides is 1. The molecule has 0 N–H and O–H groups in total. The Morgan fingerprint density at radius 1 is 1.30 bits per heavy atom. The molecule has 0 spiro atoms. The second-order valence-corrected chi connectivity index (χ2v) is 8.65. The number of rotatable bonds is 5. The summed E-state index contributed by atoms with van der Waals surface area (Å²) in [5, 5.41) is 5.20. The van der Waals surface area contributed by atoms with E-state index < -0.39 is 0 Å². The third-order valence-electron chi connectivity index (χ3n) is 5.60. The summed E-state index contributed by atoms with van der Waals surface area (Å²) in [4.78, 5) is 19.8. The lowest BCUT2D eigenvalue weighted by atomic mass is 10.0. The van der Waals surface area contributed by atoms with Gasteiger partial charge in [0.25, 0.3) is 5.91 Å². The lowest BCUT2D eigenvalue weighted by Gasteiger charge is -2.33. The Bertz CT molecular complexity index is 1040. The first-order valence-electron chi connectivity index (χ1n) is 10.5. The van der Waals surface area contributed by atoms with E-state index in [2.05, 4.69) is 23.9 Å². The summed E-state index contributed by atoms with van der Waals surface area (Å²) in [5.74, 6) is 1.63. The number of hydrogen-bond donors (Lipinski definition) is 0. The molecule has 1 saturated heterocycles. The predicted octanol–water partition coefficient (Wildman–Crippen LogP) is 5.14. The first kappa shape index (κ1) is 20.7. The molecular weight excluding hydrogens is 400 g/mol. The highest BCUT2D eigenvalue weighted by Crippen LogP contribution is 2.32. The molecule has 1 aromatic carbocycles. The molecule has 7 heteroatoms. The maximum Gasteiger partial charge on any atom is 0.272 e. The van der Waals surface area contributed by atoms with Crippen LogP contribution in [0.1, 0.15) is 78.5 Å². The molecule has 0 bridgehead atoms. The van der Waals surface area contributed by atoms with Gasteiger partial charge in [0, 0.05) is 25.0 Å². The molecule has 0 saturated carbocycles. The summed E-state index contributed by atoms with van der Waals surface area (Å²) >= 11 is 6.09. The number of benzene rings is 1. The van der Waals surface area contributed by atoms with Crippen molar-refractivity contribution in [2.45, 2.75) is 51.5 Å². The molecule has 0 radical (unpaired) electrons. The van der Waals surface area contributed by atoms with Crippen molar-refractivity contribution in [3.8, 4) is 0 Å². The van der Waals surface area contributed by atoms with Crippen molar-refractivity contribution >= 4 is 17.5 Å². The van der Waals surface area contributed by atoms with Crippen LogP contribution in [0, 0.1) is 0 Å². The fraction of sp³-hybridized carbons (Fsp3) is 0.435. The summed E-state index contributed by atoms with van der Waals surface area (Å²) in [5.41, 5.74) is 2.60. The van der Waals surface area contributed by atoms with Crippen LogP contribution in [0.5, 0.6) is 0 Å². The van der Waals surface area contributed by atoms with Gasteiger partial charge in [-0.15, -0.1) is 0 Å². The van der Waals surface area contributed by atoms with E-state index >= 15 is 0 Å². The van der Waals surface area contributed by atoms with Crippen LogP contribution in [0.25, 0.3) is 0 Å². The smallest absolute Gasteiger partial charge is 0.272 e. The molecule has 0 aliphatic carbocycles. The summed E-state index contributed by atoms with van der Waals surface area (Å²) in [7, 11) is 1.83. The van der Waals surface area contributed by atoms with Crippen molar-refractivity contribution in [1.29, 1.82) is 0 Å². The average molecular weight is 427 g/mol. The highest BCUT2D eigenvalue weighted by Gasteiger charge is 2.33. The molecule has 1 aliphatic rings. The van der Waals surface area contributed by atoms with Crippen LogP contribution >= 0.6 is 11.6 Å². The van der Waals surface area contributed by atoms with Gasteiger partial charge in [-0.1, -0.05) is 37.6 Å². The van der Waals surface area contributed by atoms with E-state index in [1.807, 2.05) is 42.3 Å². The highest BCUT2D eigenvalue weighted by molar-refractivity contribution is 6.30. The maximum atomic E-state index is 13.4. The molecular formula is C23H27ClN4O2. The number of hydrogen-bond acceptors (Lipinski definition) is 4. The standard InChI is InChI=1S/C23H27ClN4O2/c1-15(2)19-13-21(27(3)26-19)23(29)28-10-5-4-9-20(28)22-25-14-18(30-22)12-16-7-6-8-17(24)11-16/h6-8,11,13-15,20H,4-5,9-10,12H2,1-3H3. The Kier molecular flexibility index (Phi) is 5.95. The van der Waals surface area contributed by atoms with Crippen LogP contribution < -0.4 is 0 Å². The second-order valence-electron chi connectivity index (χ2n) is 8.21. The number of nitrogens with zero attached hydrogens (tertiary/aromatic N) is 4. The van der Waals surface area contributed by atoms with E-state index in [-0.39, 0.29) is 17.9 Å². The zero-order chi connectivity index (χ0) is 21.3. The zero-order valence-corrected chi connectivity index (χ0v) is 18.4. The van der Waals surface area contributed by atoms with Crippen LogP contribution in [-0.4, -0.2) is 32.1 Å². The van der Waals surface area contributed by atoms with Gasteiger partial charge in [0.05, 0.1) is 11.9 Å². The van der Waals surface area contributed by atoms with Gasteiger partial charge in [-0.3, -0.25) is 9.48 Å². The van der Waals surface area contributed by atoms with E-state index in [1.165, 1.54) is 0 Å². The van der Waals surface area contributed by atoms with E-state index in [4.69, 9.17) is 16.0 Å². The highest BCUT2D eigenvalue weighted by atomic mass is 35.5. The minimum atomic E-state index is -0.156. The fourth-order valence-corrected chi connectivity index (χ4v) is 4.17. The topological polar surface area (TPSA) is 64.2 Å². The van der Waals surface area contributed by atoms with E-state index in [9.17, 15) is 4.79 Å². The molecule has 1 fully saturated rings. The maximum absolute atomic E-state index is 13.4. The molecule has 6 nitrogen and oxygen atoms in total. The van der Waals surface area contributed by atoms with Crippen molar-refractivity contribution in [2.24, 2.45) is 7.05 Å². The molecule has 158 valence electrons. The van der Waals surface area contributed by atoms with Crippen LogP contribution in [-0.2, 0) is 13.5 Å². The minimum Gasteiger partial charge on any atom is -0.443 e. The lowest BCUT2D eigenvalue weighted by Crippen LogP contribution is -2.39. The number of carbonyl (C=O) groups excluding carboxylic acids is 1. The third kappa shape index (κ3) is 4.29. The first-order valence-corrected chi connectivity index (χ1v) is 10.8. The Morgan fingerprint density at radius 2 is 2.13 bits per heavy atom. The molecule has 30 heavy (non-hydrogen) atoms. The Hall–Kier alpha value is -2.60. The Labute approximate surface area is 181 Å². The Balaban J connectivity index is 1.55. The van der Waals surface area contributed by atoms with Gasteiger partial charge in [0.15, 0.2) is 0 Å². The zero-order valence-electron chi connectivity index (χ0n) is 17.6. The third-order valence-corrected chi connectivity index (χ3v) is 5.83. The van der Waals surface area contributed by atoms with Crippen molar-refractivity contribution in [3.05, 3.63) is 70.2 Å². The number of halogens is 1. The molecule has 1 atom stereocenters. The van der Waals surface area contributed by atoms with Crippen molar-refractivity contribution < 1.29 is 9.21 Å². The normalized spacial score (nSPS) is 17.0. The predicted molar refractivity (Wildman–Crippen MR) is 116 cm³/mol. The SMILES string of the molecule is CC(C)c1cc(C(=O)N2CCCCC2c2ncc(Cc3cccc(Cl)c3)o2)n(C)n1. The summed E-state index contributed by atoms with van der Waals surface area (Å²) < 4.78 is 7.77. The minimum absolute atomic E-state index is 0.0174. The molecule has 1 aliphatic heterocycles. The van der Waals surface area contributed by atoms with E-state index in [0.29, 0.717) is 29.6 Å². The molecule has 4 rings (SSSR count). The van der Waals surface area contributed by atoms with Gasteiger partial charge in [-0.25, -0.2) is 4.98 Å². The molecule has 3 heterocycles. The molecule has 3 aromatic rings.